The van der Waals surface area contributed by atoms with Crippen molar-refractivity contribution in [3.05, 3.63) is 75.8 Å². The number of rotatable bonds is 7. The minimum Gasteiger partial charge on any atom is -0.435 e. The van der Waals surface area contributed by atoms with Crippen LogP contribution in [0.1, 0.15) is 30.7 Å². The van der Waals surface area contributed by atoms with Crippen molar-refractivity contribution in [2.75, 3.05) is 0 Å². The highest BCUT2D eigenvalue weighted by molar-refractivity contribution is 5.76. The predicted octanol–water partition coefficient (Wildman–Crippen LogP) is 3.90. The molecule has 0 aliphatic carbocycles. The normalized spacial score (nSPS) is 11.5. The number of hydrogen-bond acceptors (Lipinski definition) is 6. The summed E-state index contributed by atoms with van der Waals surface area (Å²) in [7, 11) is 1.59. The number of aromatic nitrogens is 4. The maximum atomic E-state index is 11.5. The fourth-order valence-electron chi connectivity index (χ4n) is 3.19. The third-order valence-corrected chi connectivity index (χ3v) is 4.68. The Morgan fingerprint density at radius 1 is 1.07 bits per heavy atom. The summed E-state index contributed by atoms with van der Waals surface area (Å²) in [6, 6.07) is 12.9. The minimum atomic E-state index is -0.182. The molecule has 0 bridgehead atoms. The van der Waals surface area contributed by atoms with Crippen LogP contribution in [-0.2, 0) is 31.4 Å². The SMILES string of the molecule is CC(C)Cc1ccc(COCc2ccc3nc(-c4ccc(=O)n(C)n4)oc3c2)nc1. The van der Waals surface area contributed by atoms with Gasteiger partial charge >= 0.3 is 0 Å². The van der Waals surface area contributed by atoms with Crippen LogP contribution < -0.4 is 5.56 Å². The molecule has 0 saturated heterocycles. The number of aryl methyl sites for hydroxylation is 1. The Bertz CT molecular complexity index is 1210. The summed E-state index contributed by atoms with van der Waals surface area (Å²) < 4.78 is 12.9. The Morgan fingerprint density at radius 3 is 2.63 bits per heavy atom. The van der Waals surface area contributed by atoms with E-state index in [4.69, 9.17) is 9.15 Å². The maximum Gasteiger partial charge on any atom is 0.266 e. The highest BCUT2D eigenvalue weighted by Crippen LogP contribution is 2.23. The van der Waals surface area contributed by atoms with E-state index in [1.54, 1.807) is 13.1 Å². The van der Waals surface area contributed by atoms with Gasteiger partial charge in [-0.3, -0.25) is 9.78 Å². The molecule has 0 aliphatic heterocycles. The van der Waals surface area contributed by atoms with E-state index < -0.39 is 0 Å². The Labute approximate surface area is 174 Å². The van der Waals surface area contributed by atoms with Crippen LogP contribution in [0.2, 0.25) is 0 Å². The third kappa shape index (κ3) is 4.63. The maximum absolute atomic E-state index is 11.5. The quantitative estimate of drug-likeness (QED) is 0.465. The van der Waals surface area contributed by atoms with E-state index in [0.29, 0.717) is 36.3 Å². The van der Waals surface area contributed by atoms with Gasteiger partial charge in [0.25, 0.3) is 5.56 Å². The Hall–Kier alpha value is -3.32. The van der Waals surface area contributed by atoms with Crippen molar-refractivity contribution in [2.45, 2.75) is 33.5 Å². The first-order valence-corrected chi connectivity index (χ1v) is 9.93. The molecule has 0 saturated carbocycles. The van der Waals surface area contributed by atoms with Gasteiger partial charge < -0.3 is 9.15 Å². The largest absolute Gasteiger partial charge is 0.435 e. The molecule has 0 aliphatic rings. The lowest BCUT2D eigenvalue weighted by Crippen LogP contribution is -2.18. The summed E-state index contributed by atoms with van der Waals surface area (Å²) in [5, 5.41) is 4.18. The fraction of sp³-hybridized carbons (Fsp3) is 0.304. The molecule has 4 rings (SSSR count). The predicted molar refractivity (Wildman–Crippen MR) is 114 cm³/mol. The van der Waals surface area contributed by atoms with Crippen molar-refractivity contribution < 1.29 is 9.15 Å². The first-order valence-electron chi connectivity index (χ1n) is 9.93. The molecule has 154 valence electrons. The number of ether oxygens (including phenoxy) is 1. The lowest BCUT2D eigenvalue weighted by Gasteiger charge is -2.07. The van der Waals surface area contributed by atoms with Gasteiger partial charge in [-0.25, -0.2) is 9.67 Å². The molecule has 0 unspecified atom stereocenters. The number of oxazole rings is 1. The molecule has 0 radical (unpaired) electrons. The summed E-state index contributed by atoms with van der Waals surface area (Å²) in [5.74, 6) is 0.995. The van der Waals surface area contributed by atoms with Gasteiger partial charge in [0.2, 0.25) is 5.89 Å². The van der Waals surface area contributed by atoms with E-state index in [1.165, 1.54) is 16.3 Å². The van der Waals surface area contributed by atoms with Gasteiger partial charge in [0.05, 0.1) is 18.9 Å². The van der Waals surface area contributed by atoms with Crippen LogP contribution in [0.4, 0.5) is 0 Å². The summed E-state index contributed by atoms with van der Waals surface area (Å²) in [5.41, 5.74) is 4.84. The highest BCUT2D eigenvalue weighted by Gasteiger charge is 2.11. The molecule has 0 N–H and O–H groups in total. The Morgan fingerprint density at radius 2 is 1.90 bits per heavy atom. The number of benzene rings is 1. The number of hydrogen-bond donors (Lipinski definition) is 0. The van der Waals surface area contributed by atoms with Crippen molar-refractivity contribution in [1.82, 2.24) is 19.7 Å². The molecule has 3 heterocycles. The van der Waals surface area contributed by atoms with Crippen molar-refractivity contribution in [2.24, 2.45) is 13.0 Å². The molecule has 30 heavy (non-hydrogen) atoms. The van der Waals surface area contributed by atoms with Crippen LogP contribution in [0.5, 0.6) is 0 Å². The van der Waals surface area contributed by atoms with Gasteiger partial charge in [-0.05, 0) is 47.7 Å². The van der Waals surface area contributed by atoms with Gasteiger partial charge in [0, 0.05) is 19.3 Å². The van der Waals surface area contributed by atoms with Gasteiger partial charge in [-0.1, -0.05) is 26.0 Å². The van der Waals surface area contributed by atoms with Crippen LogP contribution in [0.3, 0.4) is 0 Å². The lowest BCUT2D eigenvalue weighted by molar-refractivity contribution is 0.104. The second-order valence-electron chi connectivity index (χ2n) is 7.75. The van der Waals surface area contributed by atoms with Gasteiger partial charge in [0.1, 0.15) is 11.2 Å². The van der Waals surface area contributed by atoms with Gasteiger partial charge in [0.15, 0.2) is 5.58 Å². The first-order chi connectivity index (χ1) is 14.5. The zero-order valence-corrected chi connectivity index (χ0v) is 17.3. The van der Waals surface area contributed by atoms with Crippen LogP contribution in [0.25, 0.3) is 22.7 Å². The van der Waals surface area contributed by atoms with E-state index in [2.05, 4.69) is 35.0 Å². The Kier molecular flexibility index (Phi) is 5.72. The molecule has 1 aromatic carbocycles. The number of fused-ring (bicyclic) bond motifs is 1. The van der Waals surface area contributed by atoms with Crippen LogP contribution in [-0.4, -0.2) is 19.7 Å². The van der Waals surface area contributed by atoms with E-state index in [-0.39, 0.29) is 5.56 Å². The van der Waals surface area contributed by atoms with E-state index in [1.807, 2.05) is 30.5 Å². The van der Waals surface area contributed by atoms with E-state index in [9.17, 15) is 4.79 Å². The average molecular weight is 404 g/mol. The summed E-state index contributed by atoms with van der Waals surface area (Å²) in [6.45, 7) is 5.29. The summed E-state index contributed by atoms with van der Waals surface area (Å²) in [6.07, 6.45) is 2.95. The molecule has 7 heteroatoms. The second-order valence-corrected chi connectivity index (χ2v) is 7.75. The van der Waals surface area contributed by atoms with Gasteiger partial charge in [-0.15, -0.1) is 0 Å². The van der Waals surface area contributed by atoms with Gasteiger partial charge in [-0.2, -0.15) is 5.10 Å². The van der Waals surface area contributed by atoms with Crippen molar-refractivity contribution in [3.8, 4) is 11.6 Å². The molecule has 0 atom stereocenters. The van der Waals surface area contributed by atoms with E-state index in [0.717, 1.165) is 23.2 Å². The molecule has 0 spiro atoms. The highest BCUT2D eigenvalue weighted by atomic mass is 16.5. The Balaban J connectivity index is 1.41. The monoisotopic (exact) mass is 404 g/mol. The van der Waals surface area contributed by atoms with E-state index >= 15 is 0 Å². The minimum absolute atomic E-state index is 0.182. The zero-order valence-electron chi connectivity index (χ0n) is 17.3. The lowest BCUT2D eigenvalue weighted by atomic mass is 10.0. The molecule has 7 nitrogen and oxygen atoms in total. The van der Waals surface area contributed by atoms with Crippen molar-refractivity contribution in [3.63, 3.8) is 0 Å². The third-order valence-electron chi connectivity index (χ3n) is 4.68. The standard InChI is InChI=1S/C23H24N4O3/c1-15(2)10-16-4-6-18(24-12-16)14-29-13-17-5-7-19-21(11-17)30-23(25-19)20-8-9-22(28)27(3)26-20/h4-9,11-12,15H,10,13-14H2,1-3H3. The zero-order chi connectivity index (χ0) is 21.1. The molecular weight excluding hydrogens is 380 g/mol. The summed E-state index contributed by atoms with van der Waals surface area (Å²) in [4.78, 5) is 20.4. The fourth-order valence-corrected chi connectivity index (χ4v) is 3.19. The molecular formula is C23H24N4O3. The molecule has 0 amide bonds. The molecule has 3 aromatic heterocycles. The second kappa shape index (κ2) is 8.59. The van der Waals surface area contributed by atoms with Crippen LogP contribution >= 0.6 is 0 Å². The average Bonchev–Trinajstić information content (AvgIpc) is 3.14. The first kappa shape index (κ1) is 20.0. The topological polar surface area (TPSA) is 83.0 Å². The summed E-state index contributed by atoms with van der Waals surface area (Å²) >= 11 is 0. The smallest absolute Gasteiger partial charge is 0.266 e. The molecule has 0 fully saturated rings. The van der Waals surface area contributed by atoms with Crippen LogP contribution in [0.15, 0.2) is 57.9 Å². The van der Waals surface area contributed by atoms with Crippen molar-refractivity contribution in [1.29, 1.82) is 0 Å². The number of nitrogens with zero attached hydrogens (tertiary/aromatic N) is 4. The van der Waals surface area contributed by atoms with Crippen LogP contribution in [0, 0.1) is 5.92 Å². The molecule has 4 aromatic rings. The van der Waals surface area contributed by atoms with Crippen molar-refractivity contribution >= 4 is 11.1 Å². The number of pyridine rings is 1.